The van der Waals surface area contributed by atoms with Crippen LogP contribution in [0.1, 0.15) is 16.1 Å². The van der Waals surface area contributed by atoms with E-state index in [4.69, 9.17) is 4.74 Å². The summed E-state index contributed by atoms with van der Waals surface area (Å²) < 4.78 is 5.93. The van der Waals surface area contributed by atoms with Gasteiger partial charge in [0.25, 0.3) is 5.91 Å². The monoisotopic (exact) mass is 396 g/mol. The molecule has 0 aliphatic carbocycles. The second-order valence-corrected chi connectivity index (χ2v) is 6.52. The molecule has 30 heavy (non-hydrogen) atoms. The summed E-state index contributed by atoms with van der Waals surface area (Å²) in [5.74, 6) is 1.01. The minimum atomic E-state index is -0.295. The number of carbonyl (C=O) groups is 1. The molecule has 148 valence electrons. The van der Waals surface area contributed by atoms with Crippen molar-refractivity contribution in [3.05, 3.63) is 103 Å². The summed E-state index contributed by atoms with van der Waals surface area (Å²) in [6, 6.07) is 24.5. The lowest BCUT2D eigenvalue weighted by Gasteiger charge is -2.12. The third-order valence-electron chi connectivity index (χ3n) is 4.38. The maximum absolute atomic E-state index is 12.8. The molecule has 0 saturated carbocycles. The minimum Gasteiger partial charge on any atom is -0.438 e. The van der Waals surface area contributed by atoms with Crippen molar-refractivity contribution < 1.29 is 9.53 Å². The minimum absolute atomic E-state index is 0.213. The topological polar surface area (TPSA) is 77.0 Å². The zero-order chi connectivity index (χ0) is 20.6. The van der Waals surface area contributed by atoms with E-state index in [1.54, 1.807) is 6.20 Å². The fourth-order valence-corrected chi connectivity index (χ4v) is 2.87. The second-order valence-electron chi connectivity index (χ2n) is 6.52. The number of rotatable bonds is 7. The Balaban J connectivity index is 1.56. The third-order valence-corrected chi connectivity index (χ3v) is 4.38. The zero-order valence-electron chi connectivity index (χ0n) is 16.2. The van der Waals surface area contributed by atoms with Gasteiger partial charge in [-0.25, -0.2) is 4.98 Å². The molecule has 0 unspecified atom stereocenters. The summed E-state index contributed by atoms with van der Waals surface area (Å²) >= 11 is 0. The third kappa shape index (κ3) is 4.86. The molecule has 0 spiro atoms. The van der Waals surface area contributed by atoms with E-state index in [0.29, 0.717) is 24.5 Å². The highest BCUT2D eigenvalue weighted by Gasteiger charge is 2.17. The molecule has 2 aromatic heterocycles. The zero-order valence-corrected chi connectivity index (χ0v) is 16.2. The SMILES string of the molecule is O=C(NCCc1ccccn1)c1cnc(-c2ccccc2)nc1Oc1ccccc1. The van der Waals surface area contributed by atoms with E-state index >= 15 is 0 Å². The van der Waals surface area contributed by atoms with Crippen molar-refractivity contribution in [3.8, 4) is 23.0 Å². The van der Waals surface area contributed by atoms with Crippen molar-refractivity contribution in [2.24, 2.45) is 0 Å². The summed E-state index contributed by atoms with van der Waals surface area (Å²) in [5.41, 5.74) is 2.03. The van der Waals surface area contributed by atoms with Crippen molar-refractivity contribution >= 4 is 5.91 Å². The van der Waals surface area contributed by atoms with Crippen molar-refractivity contribution in [2.75, 3.05) is 6.54 Å². The maximum atomic E-state index is 12.8. The molecule has 6 nitrogen and oxygen atoms in total. The number of pyridine rings is 1. The van der Waals surface area contributed by atoms with Crippen LogP contribution >= 0.6 is 0 Å². The van der Waals surface area contributed by atoms with Gasteiger partial charge in [0.15, 0.2) is 5.82 Å². The Labute approximate surface area is 174 Å². The van der Waals surface area contributed by atoms with Gasteiger partial charge in [0.05, 0.1) is 0 Å². The number of hydrogen-bond acceptors (Lipinski definition) is 5. The lowest BCUT2D eigenvalue weighted by atomic mass is 10.2. The largest absolute Gasteiger partial charge is 0.438 e. The van der Waals surface area contributed by atoms with Crippen LogP contribution in [-0.4, -0.2) is 27.4 Å². The number of nitrogens with one attached hydrogen (secondary N) is 1. The van der Waals surface area contributed by atoms with Crippen LogP contribution in [-0.2, 0) is 6.42 Å². The first-order chi connectivity index (χ1) is 14.8. The average molecular weight is 396 g/mol. The van der Waals surface area contributed by atoms with Gasteiger partial charge in [-0.05, 0) is 24.3 Å². The van der Waals surface area contributed by atoms with Crippen LogP contribution < -0.4 is 10.1 Å². The van der Waals surface area contributed by atoms with Crippen LogP contribution in [0.5, 0.6) is 11.6 Å². The first-order valence-electron chi connectivity index (χ1n) is 9.63. The number of ether oxygens (including phenoxy) is 1. The summed E-state index contributed by atoms with van der Waals surface area (Å²) in [6.45, 7) is 0.445. The normalized spacial score (nSPS) is 10.4. The Bertz CT molecular complexity index is 1100. The van der Waals surface area contributed by atoms with Crippen LogP contribution in [0.25, 0.3) is 11.4 Å². The average Bonchev–Trinajstić information content (AvgIpc) is 2.81. The number of nitrogens with zero attached hydrogens (tertiary/aromatic N) is 3. The highest BCUT2D eigenvalue weighted by Crippen LogP contribution is 2.25. The summed E-state index contributed by atoms with van der Waals surface area (Å²) in [5, 5.41) is 2.89. The smallest absolute Gasteiger partial charge is 0.258 e. The van der Waals surface area contributed by atoms with E-state index in [0.717, 1.165) is 11.3 Å². The van der Waals surface area contributed by atoms with E-state index in [1.807, 2.05) is 78.9 Å². The van der Waals surface area contributed by atoms with Gasteiger partial charge in [0.2, 0.25) is 5.88 Å². The molecule has 1 amide bonds. The van der Waals surface area contributed by atoms with E-state index in [-0.39, 0.29) is 17.4 Å². The first kappa shape index (κ1) is 19.3. The van der Waals surface area contributed by atoms with E-state index < -0.39 is 0 Å². The van der Waals surface area contributed by atoms with Gasteiger partial charge in [0, 0.05) is 36.6 Å². The van der Waals surface area contributed by atoms with E-state index in [9.17, 15) is 4.79 Å². The number of hydrogen-bond donors (Lipinski definition) is 1. The van der Waals surface area contributed by atoms with Crippen LogP contribution in [0.3, 0.4) is 0 Å². The van der Waals surface area contributed by atoms with Gasteiger partial charge in [0.1, 0.15) is 11.3 Å². The van der Waals surface area contributed by atoms with Gasteiger partial charge in [-0.1, -0.05) is 54.6 Å². The molecule has 2 aromatic carbocycles. The predicted octanol–water partition coefficient (Wildman–Crippen LogP) is 4.30. The van der Waals surface area contributed by atoms with Gasteiger partial charge >= 0.3 is 0 Å². The van der Waals surface area contributed by atoms with Crippen LogP contribution in [0.15, 0.2) is 91.3 Å². The Morgan fingerprint density at radius 2 is 1.60 bits per heavy atom. The fourth-order valence-electron chi connectivity index (χ4n) is 2.87. The van der Waals surface area contributed by atoms with Crippen LogP contribution in [0.4, 0.5) is 0 Å². The second kappa shape index (κ2) is 9.43. The Morgan fingerprint density at radius 3 is 2.33 bits per heavy atom. The molecule has 0 radical (unpaired) electrons. The summed E-state index contributed by atoms with van der Waals surface area (Å²) in [4.78, 5) is 26.0. The van der Waals surface area contributed by atoms with Crippen molar-refractivity contribution in [1.29, 1.82) is 0 Å². The molecule has 4 aromatic rings. The lowest BCUT2D eigenvalue weighted by molar-refractivity contribution is 0.0950. The molecular formula is C24H20N4O2. The van der Waals surface area contributed by atoms with Gasteiger partial charge in [-0.3, -0.25) is 9.78 Å². The quantitative estimate of drug-likeness (QED) is 0.504. The molecule has 0 atom stereocenters. The molecule has 0 aliphatic rings. The molecule has 0 aliphatic heterocycles. The Morgan fingerprint density at radius 1 is 0.867 bits per heavy atom. The number of para-hydroxylation sites is 1. The lowest BCUT2D eigenvalue weighted by Crippen LogP contribution is -2.26. The van der Waals surface area contributed by atoms with Gasteiger partial charge < -0.3 is 10.1 Å². The summed E-state index contributed by atoms with van der Waals surface area (Å²) in [7, 11) is 0. The van der Waals surface area contributed by atoms with Crippen molar-refractivity contribution in [3.63, 3.8) is 0 Å². The van der Waals surface area contributed by atoms with E-state index in [2.05, 4.69) is 20.3 Å². The fraction of sp³-hybridized carbons (Fsp3) is 0.0833. The molecule has 6 heteroatoms. The molecule has 1 N–H and O–H groups in total. The van der Waals surface area contributed by atoms with Crippen molar-refractivity contribution in [1.82, 2.24) is 20.3 Å². The van der Waals surface area contributed by atoms with Gasteiger partial charge in [-0.2, -0.15) is 4.98 Å². The Kier molecular flexibility index (Phi) is 6.05. The predicted molar refractivity (Wildman–Crippen MR) is 114 cm³/mol. The number of amides is 1. The molecular weight excluding hydrogens is 376 g/mol. The molecule has 0 bridgehead atoms. The van der Waals surface area contributed by atoms with Gasteiger partial charge in [-0.15, -0.1) is 0 Å². The number of carbonyl (C=O) groups excluding carboxylic acids is 1. The van der Waals surface area contributed by atoms with Crippen molar-refractivity contribution in [2.45, 2.75) is 6.42 Å². The highest BCUT2D eigenvalue weighted by atomic mass is 16.5. The Hall–Kier alpha value is -4.06. The molecule has 2 heterocycles. The van der Waals surface area contributed by atoms with Crippen LogP contribution in [0, 0.1) is 0 Å². The van der Waals surface area contributed by atoms with Crippen LogP contribution in [0.2, 0.25) is 0 Å². The molecule has 4 rings (SSSR count). The maximum Gasteiger partial charge on any atom is 0.258 e. The summed E-state index contributed by atoms with van der Waals surface area (Å²) in [6.07, 6.45) is 3.87. The highest BCUT2D eigenvalue weighted by molar-refractivity contribution is 5.96. The van der Waals surface area contributed by atoms with E-state index in [1.165, 1.54) is 6.20 Å². The number of benzene rings is 2. The molecule has 0 saturated heterocycles. The first-order valence-corrected chi connectivity index (χ1v) is 9.63. The molecule has 0 fully saturated rings. The number of aromatic nitrogens is 3. The standard InChI is InChI=1S/C24H20N4O2/c29-23(26-16-14-19-11-7-8-15-25-19)21-17-27-22(18-9-3-1-4-10-18)28-24(21)30-20-12-5-2-6-13-20/h1-13,15,17H,14,16H2,(H,26,29).